The molecule has 1 aliphatic rings. The second-order valence-corrected chi connectivity index (χ2v) is 3.37. The van der Waals surface area contributed by atoms with Crippen LogP contribution in [-0.2, 0) is 15.3 Å². The normalized spacial score (nSPS) is 20.6. The maximum atomic E-state index is 5.72. The number of benzene rings is 1. The van der Waals surface area contributed by atoms with Gasteiger partial charge in [-0.1, -0.05) is 30.3 Å². The van der Waals surface area contributed by atoms with Crippen molar-refractivity contribution < 1.29 is 9.47 Å². The second-order valence-electron chi connectivity index (χ2n) is 3.37. The summed E-state index contributed by atoms with van der Waals surface area (Å²) in [6, 6.07) is 9.87. The molecule has 0 saturated carbocycles. The van der Waals surface area contributed by atoms with Crippen molar-refractivity contribution in [3.8, 4) is 0 Å². The highest BCUT2D eigenvalue weighted by Gasteiger charge is 2.34. The zero-order valence-corrected chi connectivity index (χ0v) is 8.11. The summed E-state index contributed by atoms with van der Waals surface area (Å²) in [7, 11) is 0. The van der Waals surface area contributed by atoms with Gasteiger partial charge in [-0.3, -0.25) is 0 Å². The highest BCUT2D eigenvalue weighted by atomic mass is 16.7. The first-order valence-electron chi connectivity index (χ1n) is 4.91. The predicted octanol–water partition coefficient (Wildman–Crippen LogP) is 1.24. The topological polar surface area (TPSA) is 44.5 Å². The van der Waals surface area contributed by atoms with Crippen LogP contribution in [0.25, 0.3) is 0 Å². The Morgan fingerprint density at radius 3 is 2.36 bits per heavy atom. The zero-order valence-electron chi connectivity index (χ0n) is 8.11. The molecule has 1 fully saturated rings. The molecule has 0 atom stereocenters. The molecule has 2 rings (SSSR count). The summed E-state index contributed by atoms with van der Waals surface area (Å²) in [4.78, 5) is 0. The van der Waals surface area contributed by atoms with Gasteiger partial charge in [0.1, 0.15) is 0 Å². The Bertz CT molecular complexity index is 281. The summed E-state index contributed by atoms with van der Waals surface area (Å²) < 4.78 is 11.3. The molecule has 1 aromatic carbocycles. The van der Waals surface area contributed by atoms with Crippen LogP contribution in [0.15, 0.2) is 30.3 Å². The first-order chi connectivity index (χ1) is 6.87. The van der Waals surface area contributed by atoms with Crippen molar-refractivity contribution in [3.63, 3.8) is 0 Å². The summed E-state index contributed by atoms with van der Waals surface area (Å²) >= 11 is 0. The Morgan fingerprint density at radius 1 is 1.14 bits per heavy atom. The summed E-state index contributed by atoms with van der Waals surface area (Å²) in [5.74, 6) is -0.709. The van der Waals surface area contributed by atoms with Gasteiger partial charge in [0.05, 0.1) is 19.8 Å². The Balaban J connectivity index is 2.27. The van der Waals surface area contributed by atoms with Gasteiger partial charge in [-0.05, 0) is 6.42 Å². The van der Waals surface area contributed by atoms with Crippen molar-refractivity contribution in [2.24, 2.45) is 5.73 Å². The molecular weight excluding hydrogens is 178 g/mol. The quantitative estimate of drug-likeness (QED) is 0.768. The molecule has 76 valence electrons. The Kier molecular flexibility index (Phi) is 2.82. The van der Waals surface area contributed by atoms with Crippen molar-refractivity contribution in [3.05, 3.63) is 35.9 Å². The van der Waals surface area contributed by atoms with Crippen molar-refractivity contribution in [1.29, 1.82) is 0 Å². The molecule has 0 spiro atoms. The monoisotopic (exact) mass is 193 g/mol. The summed E-state index contributed by atoms with van der Waals surface area (Å²) in [5, 5.41) is 0. The minimum atomic E-state index is -0.709. The van der Waals surface area contributed by atoms with Gasteiger partial charge in [-0.15, -0.1) is 0 Å². The highest BCUT2D eigenvalue weighted by molar-refractivity contribution is 5.21. The average molecular weight is 193 g/mol. The first-order valence-corrected chi connectivity index (χ1v) is 4.91. The van der Waals surface area contributed by atoms with E-state index >= 15 is 0 Å². The largest absolute Gasteiger partial charge is 0.345 e. The third kappa shape index (κ3) is 1.66. The molecule has 1 saturated heterocycles. The van der Waals surface area contributed by atoms with Crippen LogP contribution >= 0.6 is 0 Å². The SMILES string of the molecule is NCC1(c2ccccc2)OCCCO1. The van der Waals surface area contributed by atoms with Crippen LogP contribution in [0.1, 0.15) is 12.0 Å². The van der Waals surface area contributed by atoms with E-state index < -0.39 is 5.79 Å². The van der Waals surface area contributed by atoms with E-state index in [4.69, 9.17) is 15.2 Å². The fourth-order valence-electron chi connectivity index (χ4n) is 1.67. The third-order valence-electron chi connectivity index (χ3n) is 2.44. The summed E-state index contributed by atoms with van der Waals surface area (Å²) in [6.45, 7) is 1.79. The van der Waals surface area contributed by atoms with Crippen LogP contribution in [0.2, 0.25) is 0 Å². The molecule has 1 aromatic rings. The van der Waals surface area contributed by atoms with Crippen molar-refractivity contribution >= 4 is 0 Å². The Hall–Kier alpha value is -0.900. The molecule has 0 bridgehead atoms. The maximum absolute atomic E-state index is 5.72. The predicted molar refractivity (Wildman–Crippen MR) is 53.7 cm³/mol. The number of hydrogen-bond acceptors (Lipinski definition) is 3. The van der Waals surface area contributed by atoms with Crippen LogP contribution < -0.4 is 5.73 Å². The van der Waals surface area contributed by atoms with Gasteiger partial charge < -0.3 is 15.2 Å². The van der Waals surface area contributed by atoms with Gasteiger partial charge in [-0.2, -0.15) is 0 Å². The number of rotatable bonds is 2. The molecule has 2 N–H and O–H groups in total. The molecule has 3 heteroatoms. The van der Waals surface area contributed by atoms with Crippen molar-refractivity contribution in [2.75, 3.05) is 19.8 Å². The molecule has 0 aromatic heterocycles. The van der Waals surface area contributed by atoms with Crippen LogP contribution in [0, 0.1) is 0 Å². The van der Waals surface area contributed by atoms with E-state index in [0.717, 1.165) is 12.0 Å². The highest BCUT2D eigenvalue weighted by Crippen LogP contribution is 2.29. The van der Waals surface area contributed by atoms with Gasteiger partial charge in [-0.25, -0.2) is 0 Å². The Morgan fingerprint density at radius 2 is 1.79 bits per heavy atom. The number of nitrogens with two attached hydrogens (primary N) is 1. The van der Waals surface area contributed by atoms with Crippen molar-refractivity contribution in [1.82, 2.24) is 0 Å². The van der Waals surface area contributed by atoms with Gasteiger partial charge >= 0.3 is 0 Å². The molecule has 3 nitrogen and oxygen atoms in total. The Labute approximate surface area is 83.8 Å². The molecule has 0 radical (unpaired) electrons. The summed E-state index contributed by atoms with van der Waals surface area (Å²) in [5.41, 5.74) is 6.72. The number of ether oxygens (including phenoxy) is 2. The maximum Gasteiger partial charge on any atom is 0.207 e. The smallest absolute Gasteiger partial charge is 0.207 e. The first kappa shape index (κ1) is 9.65. The van der Waals surface area contributed by atoms with Crippen molar-refractivity contribution in [2.45, 2.75) is 12.2 Å². The van der Waals surface area contributed by atoms with Gasteiger partial charge in [0.15, 0.2) is 0 Å². The molecule has 14 heavy (non-hydrogen) atoms. The lowest BCUT2D eigenvalue weighted by Crippen LogP contribution is -2.44. The van der Waals surface area contributed by atoms with E-state index in [0.29, 0.717) is 19.8 Å². The lowest BCUT2D eigenvalue weighted by Gasteiger charge is -2.36. The fourth-order valence-corrected chi connectivity index (χ4v) is 1.67. The van der Waals surface area contributed by atoms with E-state index in [-0.39, 0.29) is 0 Å². The number of hydrogen-bond donors (Lipinski definition) is 1. The minimum Gasteiger partial charge on any atom is -0.345 e. The fraction of sp³-hybridized carbons (Fsp3) is 0.455. The zero-order chi connectivity index (χ0) is 9.86. The molecule has 1 heterocycles. The van der Waals surface area contributed by atoms with E-state index in [1.807, 2.05) is 30.3 Å². The van der Waals surface area contributed by atoms with Crippen LogP contribution in [0.4, 0.5) is 0 Å². The van der Waals surface area contributed by atoms with Crippen LogP contribution in [0.3, 0.4) is 0 Å². The van der Waals surface area contributed by atoms with Gasteiger partial charge in [0.25, 0.3) is 0 Å². The lowest BCUT2D eigenvalue weighted by molar-refractivity contribution is -0.269. The molecular formula is C11H15NO2. The molecule has 1 aliphatic heterocycles. The standard InChI is InChI=1S/C11H15NO2/c12-9-11(13-7-4-8-14-11)10-5-2-1-3-6-10/h1-3,5-6H,4,7-9,12H2. The van der Waals surface area contributed by atoms with E-state index in [1.54, 1.807) is 0 Å². The van der Waals surface area contributed by atoms with Crippen LogP contribution in [-0.4, -0.2) is 19.8 Å². The van der Waals surface area contributed by atoms with E-state index in [9.17, 15) is 0 Å². The molecule has 0 unspecified atom stereocenters. The van der Waals surface area contributed by atoms with E-state index in [2.05, 4.69) is 0 Å². The van der Waals surface area contributed by atoms with Crippen LogP contribution in [0.5, 0.6) is 0 Å². The lowest BCUT2D eigenvalue weighted by atomic mass is 10.1. The van der Waals surface area contributed by atoms with Gasteiger partial charge in [0.2, 0.25) is 5.79 Å². The summed E-state index contributed by atoms with van der Waals surface area (Å²) in [6.07, 6.45) is 0.939. The van der Waals surface area contributed by atoms with Gasteiger partial charge in [0, 0.05) is 5.56 Å². The minimum absolute atomic E-state index is 0.358. The molecule has 0 amide bonds. The third-order valence-corrected chi connectivity index (χ3v) is 2.44. The second kappa shape index (κ2) is 4.09. The average Bonchev–Trinajstić information content (AvgIpc) is 2.31. The molecule has 0 aliphatic carbocycles. The van der Waals surface area contributed by atoms with E-state index in [1.165, 1.54) is 0 Å².